The van der Waals surface area contributed by atoms with Crippen molar-refractivity contribution in [2.75, 3.05) is 9.80 Å². The normalized spacial score (nSPS) is 14.5. The van der Waals surface area contributed by atoms with Gasteiger partial charge >= 0.3 is 0 Å². The third kappa shape index (κ3) is 8.04. The molecule has 0 saturated heterocycles. The van der Waals surface area contributed by atoms with Crippen LogP contribution < -0.4 is 9.80 Å². The highest BCUT2D eigenvalue weighted by atomic mass is 16.3. The lowest BCUT2D eigenvalue weighted by atomic mass is 9.77. The van der Waals surface area contributed by atoms with Gasteiger partial charge in [0.2, 0.25) is 0 Å². The molecule has 16 aromatic rings. The van der Waals surface area contributed by atoms with Crippen molar-refractivity contribution in [3.8, 4) is 22.3 Å². The molecule has 0 amide bonds. The number of anilines is 6. The van der Waals surface area contributed by atoms with Crippen LogP contribution in [0.5, 0.6) is 0 Å². The minimum Gasteiger partial charge on any atom is -0.453 e. The van der Waals surface area contributed by atoms with Gasteiger partial charge in [0, 0.05) is 54.8 Å². The molecule has 2 aliphatic rings. The van der Waals surface area contributed by atoms with Crippen LogP contribution in [-0.4, -0.2) is 0 Å². The smallest absolute Gasteiger partial charge is 0.159 e. The maximum atomic E-state index is 7.53. The summed E-state index contributed by atoms with van der Waals surface area (Å²) in [5.74, 6) is 0.828. The second-order valence-corrected chi connectivity index (χ2v) is 25.0. The predicted molar refractivity (Wildman–Crippen MR) is 372 cm³/mol. The van der Waals surface area contributed by atoms with E-state index in [1.165, 1.54) is 141 Å². The van der Waals surface area contributed by atoms with E-state index in [4.69, 9.17) is 8.83 Å². The minimum atomic E-state index is 0.414. The van der Waals surface area contributed by atoms with E-state index in [1.807, 2.05) is 0 Å². The number of furan rings is 2. The van der Waals surface area contributed by atoms with Gasteiger partial charge < -0.3 is 18.6 Å². The Morgan fingerprint density at radius 1 is 0.261 bits per heavy atom. The monoisotopic (exact) mass is 1130 g/mol. The van der Waals surface area contributed by atoms with Crippen molar-refractivity contribution in [3.05, 3.63) is 266 Å². The molecule has 18 rings (SSSR count). The maximum Gasteiger partial charge on any atom is 0.159 e. The molecule has 2 fully saturated rings. The second kappa shape index (κ2) is 20.8. The number of hydrogen-bond acceptors (Lipinski definition) is 4. The summed E-state index contributed by atoms with van der Waals surface area (Å²) in [6.45, 7) is 0. The van der Waals surface area contributed by atoms with Crippen molar-refractivity contribution in [1.82, 2.24) is 0 Å². The highest BCUT2D eigenvalue weighted by Crippen LogP contribution is 2.56. The zero-order valence-corrected chi connectivity index (χ0v) is 49.2. The summed E-state index contributed by atoms with van der Waals surface area (Å²) < 4.78 is 15.1. The third-order valence-corrected chi connectivity index (χ3v) is 20.1. The Morgan fingerprint density at radius 3 is 1.05 bits per heavy atom. The Labute approximate surface area is 511 Å². The van der Waals surface area contributed by atoms with Gasteiger partial charge in [-0.1, -0.05) is 233 Å². The van der Waals surface area contributed by atoms with E-state index in [0.29, 0.717) is 11.8 Å². The molecule has 0 atom stereocenters. The molecule has 2 heterocycles. The topological polar surface area (TPSA) is 32.8 Å². The molecule has 0 spiro atoms. The number of fused-ring (bicyclic) bond motifs is 10. The van der Waals surface area contributed by atoms with E-state index >= 15 is 0 Å². The molecule has 2 saturated carbocycles. The summed E-state index contributed by atoms with van der Waals surface area (Å²) in [5, 5.41) is 17.2. The van der Waals surface area contributed by atoms with Gasteiger partial charge in [0.15, 0.2) is 11.2 Å². The lowest BCUT2D eigenvalue weighted by Crippen LogP contribution is -2.14. The Morgan fingerprint density at radius 2 is 0.625 bits per heavy atom. The van der Waals surface area contributed by atoms with Gasteiger partial charge in [-0.15, -0.1) is 0 Å². The zero-order valence-electron chi connectivity index (χ0n) is 49.2. The van der Waals surface area contributed by atoms with Crippen molar-refractivity contribution < 1.29 is 8.83 Å². The van der Waals surface area contributed by atoms with E-state index in [9.17, 15) is 0 Å². The van der Waals surface area contributed by atoms with E-state index in [-0.39, 0.29) is 0 Å². The van der Waals surface area contributed by atoms with Gasteiger partial charge in [-0.25, -0.2) is 0 Å². The fourth-order valence-electron chi connectivity index (χ4n) is 16.1. The molecule has 0 bridgehead atoms. The lowest BCUT2D eigenvalue weighted by Gasteiger charge is -2.33. The molecule has 0 aliphatic heterocycles. The van der Waals surface area contributed by atoms with Gasteiger partial charge in [-0.05, 0) is 164 Å². The number of para-hydroxylation sites is 4. The molecule has 0 unspecified atom stereocenters. The fraction of sp³-hybridized carbons (Fsp3) is 0.143. The lowest BCUT2D eigenvalue weighted by molar-refractivity contribution is 0.445. The van der Waals surface area contributed by atoms with Crippen molar-refractivity contribution in [2.24, 2.45) is 0 Å². The van der Waals surface area contributed by atoms with Gasteiger partial charge in [0.1, 0.15) is 11.2 Å². The van der Waals surface area contributed by atoms with Gasteiger partial charge in [0.25, 0.3) is 0 Å². The third-order valence-electron chi connectivity index (χ3n) is 20.1. The minimum absolute atomic E-state index is 0.414. The van der Waals surface area contributed by atoms with Crippen LogP contribution in [0.25, 0.3) is 120 Å². The molecular weight excluding hydrogens is 1070 g/mol. The first kappa shape index (κ1) is 51.1. The summed E-state index contributed by atoms with van der Waals surface area (Å²) in [5.41, 5.74) is 17.5. The van der Waals surface area contributed by atoms with Crippen LogP contribution in [0.1, 0.15) is 87.2 Å². The van der Waals surface area contributed by atoms with E-state index in [2.05, 4.69) is 265 Å². The fourth-order valence-corrected chi connectivity index (χ4v) is 16.1. The standard InChI is InChI=1S/C84H64N2O2/c1-7-25-53(26-8-1)69-51-75(85(59-35-15-5-16-36-59)73-43-23-41-67-79-61-39-21-19-33-57(61)49-71(83(79)87-81(67)73)55-29-11-3-12-30-55)65-48-46-64-70(54-27-9-2-10-28-54)52-76(66-47-45-63(69)77(65)78(64)66)86(60-37-17-6-18-38-60)74-44-24-42-68-80-62-40-22-20-34-58(62)50-72(84(80)88-82(68)74)56-31-13-4-14-32-56/h3-6,11-24,29-54H,1-2,7-10,25-28H2. The summed E-state index contributed by atoms with van der Waals surface area (Å²) in [7, 11) is 0. The van der Waals surface area contributed by atoms with E-state index in [0.717, 1.165) is 88.9 Å². The van der Waals surface area contributed by atoms with Crippen molar-refractivity contribution in [1.29, 1.82) is 0 Å². The zero-order chi connectivity index (χ0) is 57.8. The molecule has 422 valence electrons. The first-order chi connectivity index (χ1) is 43.7. The quantitative estimate of drug-likeness (QED) is 0.128. The van der Waals surface area contributed by atoms with Crippen LogP contribution in [0.4, 0.5) is 34.1 Å². The number of benzene rings is 14. The molecule has 4 heteroatoms. The number of hydrogen-bond donors (Lipinski definition) is 0. The number of nitrogens with zero attached hydrogens (tertiary/aromatic N) is 2. The Hall–Kier alpha value is -10.2. The molecular formula is C84H64N2O2. The van der Waals surface area contributed by atoms with Crippen LogP contribution in [-0.2, 0) is 0 Å². The van der Waals surface area contributed by atoms with Gasteiger partial charge in [-0.2, -0.15) is 0 Å². The molecule has 2 aliphatic carbocycles. The Kier molecular flexibility index (Phi) is 12.1. The Balaban J connectivity index is 0.945. The summed E-state index contributed by atoms with van der Waals surface area (Å²) in [4.78, 5) is 5.09. The second-order valence-electron chi connectivity index (χ2n) is 25.0. The SMILES string of the molecule is c1ccc(-c2cc3ccccc3c3c2oc2c(N(c4ccccc4)c4cc(C5CCCCC5)c5ccc6c(N(c7ccccc7)c7cccc8c7oc7c(-c9ccccc9)cc9ccccc9c78)cc(C7CCCCC7)c7ccc4c5c76)cccc23)cc1. The van der Waals surface area contributed by atoms with E-state index < -0.39 is 0 Å². The van der Waals surface area contributed by atoms with Crippen LogP contribution in [0.2, 0.25) is 0 Å². The maximum absolute atomic E-state index is 7.53. The van der Waals surface area contributed by atoms with Crippen LogP contribution in [0, 0.1) is 0 Å². The Bertz CT molecular complexity index is 5010. The van der Waals surface area contributed by atoms with Crippen LogP contribution in [0.3, 0.4) is 0 Å². The van der Waals surface area contributed by atoms with Gasteiger partial charge in [-0.3, -0.25) is 0 Å². The van der Waals surface area contributed by atoms with Crippen LogP contribution in [0.15, 0.2) is 264 Å². The van der Waals surface area contributed by atoms with Crippen molar-refractivity contribution >= 4 is 132 Å². The largest absolute Gasteiger partial charge is 0.453 e. The molecule has 88 heavy (non-hydrogen) atoms. The van der Waals surface area contributed by atoms with E-state index in [1.54, 1.807) is 0 Å². The molecule has 0 radical (unpaired) electrons. The molecule has 2 aromatic heterocycles. The summed E-state index contributed by atoms with van der Waals surface area (Å²) in [6, 6.07) is 94.8. The summed E-state index contributed by atoms with van der Waals surface area (Å²) in [6.07, 6.45) is 12.2. The summed E-state index contributed by atoms with van der Waals surface area (Å²) >= 11 is 0. The molecule has 0 N–H and O–H groups in total. The average Bonchev–Trinajstić information content (AvgIpc) is 1.20. The molecule has 4 nitrogen and oxygen atoms in total. The van der Waals surface area contributed by atoms with Crippen molar-refractivity contribution in [2.45, 2.75) is 76.0 Å². The van der Waals surface area contributed by atoms with Gasteiger partial charge in [0.05, 0.1) is 22.7 Å². The first-order valence-corrected chi connectivity index (χ1v) is 32.0. The predicted octanol–water partition coefficient (Wildman–Crippen LogP) is 25.1. The van der Waals surface area contributed by atoms with Crippen LogP contribution >= 0.6 is 0 Å². The molecule has 14 aromatic carbocycles. The average molecular weight is 1130 g/mol. The highest BCUT2D eigenvalue weighted by Gasteiger charge is 2.32. The highest BCUT2D eigenvalue weighted by molar-refractivity contribution is 6.31. The number of rotatable bonds is 10. The van der Waals surface area contributed by atoms with Crippen molar-refractivity contribution in [3.63, 3.8) is 0 Å². The first-order valence-electron chi connectivity index (χ1n) is 32.0.